The molecule has 2 aromatic heterocycles. The van der Waals surface area contributed by atoms with Crippen molar-refractivity contribution >= 4 is 11.3 Å². The van der Waals surface area contributed by atoms with Gasteiger partial charge in [-0.2, -0.15) is 0 Å². The zero-order valence-corrected chi connectivity index (χ0v) is 11.9. The van der Waals surface area contributed by atoms with Crippen LogP contribution in [-0.2, 0) is 6.42 Å². The number of aryl methyl sites for hydroxylation is 1. The molecule has 6 heteroatoms. The number of nitrogens with zero attached hydrogens (tertiary/aromatic N) is 1. The summed E-state index contributed by atoms with van der Waals surface area (Å²) in [4.78, 5) is 27.8. The Morgan fingerprint density at radius 2 is 2.11 bits per heavy atom. The van der Waals surface area contributed by atoms with E-state index < -0.39 is 11.2 Å². The molecular weight excluding hydrogens is 264 g/mol. The lowest BCUT2D eigenvalue weighted by Gasteiger charge is -2.16. The van der Waals surface area contributed by atoms with Crippen LogP contribution in [0.3, 0.4) is 0 Å². The van der Waals surface area contributed by atoms with Crippen LogP contribution in [0.5, 0.6) is 5.88 Å². The van der Waals surface area contributed by atoms with E-state index in [9.17, 15) is 14.7 Å². The number of hydrogen-bond donors (Lipinski definition) is 2. The van der Waals surface area contributed by atoms with Crippen molar-refractivity contribution in [3.05, 3.63) is 48.3 Å². The van der Waals surface area contributed by atoms with Crippen LogP contribution in [0.1, 0.15) is 35.2 Å². The van der Waals surface area contributed by atoms with E-state index in [-0.39, 0.29) is 17.5 Å². The molecule has 2 N–H and O–H groups in total. The van der Waals surface area contributed by atoms with Crippen LogP contribution in [0.2, 0.25) is 0 Å². The van der Waals surface area contributed by atoms with Gasteiger partial charge in [-0.05, 0) is 32.4 Å². The number of aromatic amines is 1. The lowest BCUT2D eigenvalue weighted by molar-refractivity contribution is 0.384. The topological polar surface area (TPSA) is 75.1 Å². The average Bonchev–Trinajstić information content (AvgIpc) is 2.75. The van der Waals surface area contributed by atoms with Crippen molar-refractivity contribution in [2.24, 2.45) is 0 Å². The van der Waals surface area contributed by atoms with Gasteiger partial charge in [-0.3, -0.25) is 14.3 Å². The number of thiophene rings is 1. The maximum absolute atomic E-state index is 11.9. The van der Waals surface area contributed by atoms with E-state index in [1.165, 1.54) is 4.57 Å². The second-order valence-corrected chi connectivity index (χ2v) is 5.73. The van der Waals surface area contributed by atoms with Crippen molar-refractivity contribution < 1.29 is 5.11 Å². The van der Waals surface area contributed by atoms with Crippen molar-refractivity contribution in [1.29, 1.82) is 0 Å². The van der Waals surface area contributed by atoms with Gasteiger partial charge < -0.3 is 5.11 Å². The largest absolute Gasteiger partial charge is 0.494 e. The summed E-state index contributed by atoms with van der Waals surface area (Å²) in [6.07, 6.45) is 0.373. The number of nitrogens with one attached hydrogen (secondary N) is 1. The fourth-order valence-corrected chi connectivity index (χ4v) is 2.98. The monoisotopic (exact) mass is 280 g/mol. The summed E-state index contributed by atoms with van der Waals surface area (Å²) < 4.78 is 1.23. The minimum atomic E-state index is -0.585. The summed E-state index contributed by atoms with van der Waals surface area (Å²) >= 11 is 1.56. The van der Waals surface area contributed by atoms with Crippen LogP contribution in [-0.4, -0.2) is 14.7 Å². The molecule has 102 valence electrons. The van der Waals surface area contributed by atoms with Crippen molar-refractivity contribution in [3.8, 4) is 5.88 Å². The van der Waals surface area contributed by atoms with Gasteiger partial charge in [-0.1, -0.05) is 6.92 Å². The molecular formula is C13H16N2O3S. The number of aromatic hydroxyl groups is 1. The molecule has 0 amide bonds. The predicted octanol–water partition coefficient (Wildman–Crippen LogP) is 1.78. The minimum Gasteiger partial charge on any atom is -0.494 e. The maximum Gasteiger partial charge on any atom is 0.331 e. The summed E-state index contributed by atoms with van der Waals surface area (Å²) in [5.41, 5.74) is -0.867. The Morgan fingerprint density at radius 1 is 1.42 bits per heavy atom. The summed E-state index contributed by atoms with van der Waals surface area (Å²) in [5.74, 6) is -0.241. The molecule has 0 aromatic carbocycles. The van der Waals surface area contributed by atoms with Gasteiger partial charge in [0, 0.05) is 9.75 Å². The van der Waals surface area contributed by atoms with Gasteiger partial charge in [0.25, 0.3) is 5.56 Å². The predicted molar refractivity (Wildman–Crippen MR) is 75.2 cm³/mol. The first kappa shape index (κ1) is 13.6. The molecule has 0 aliphatic carbocycles. The first-order valence-corrected chi connectivity index (χ1v) is 6.90. The van der Waals surface area contributed by atoms with E-state index in [1.807, 2.05) is 26.0 Å². The Labute approximate surface area is 114 Å². The summed E-state index contributed by atoms with van der Waals surface area (Å²) in [5, 5.41) is 10.1. The van der Waals surface area contributed by atoms with Gasteiger partial charge in [0.1, 0.15) is 0 Å². The molecule has 0 saturated carbocycles. The van der Waals surface area contributed by atoms with E-state index in [4.69, 9.17) is 0 Å². The van der Waals surface area contributed by atoms with Gasteiger partial charge in [0.05, 0.1) is 11.6 Å². The van der Waals surface area contributed by atoms with Gasteiger partial charge >= 0.3 is 5.69 Å². The molecule has 19 heavy (non-hydrogen) atoms. The third-order valence-corrected chi connectivity index (χ3v) is 4.30. The van der Waals surface area contributed by atoms with Gasteiger partial charge in [-0.15, -0.1) is 11.3 Å². The van der Waals surface area contributed by atoms with Crippen molar-refractivity contribution in [2.45, 2.75) is 33.2 Å². The van der Waals surface area contributed by atoms with E-state index in [2.05, 4.69) is 4.98 Å². The van der Waals surface area contributed by atoms with E-state index in [0.29, 0.717) is 6.42 Å². The van der Waals surface area contributed by atoms with Crippen LogP contribution >= 0.6 is 11.3 Å². The SMILES string of the molecule is CCc1c(O)n(C(C)c2ccc(C)s2)c(=O)[nH]c1=O. The minimum absolute atomic E-state index is 0.236. The van der Waals surface area contributed by atoms with Crippen molar-refractivity contribution in [1.82, 2.24) is 9.55 Å². The van der Waals surface area contributed by atoms with Gasteiger partial charge in [0.15, 0.2) is 0 Å². The quantitative estimate of drug-likeness (QED) is 0.900. The highest BCUT2D eigenvalue weighted by Gasteiger charge is 2.19. The molecule has 2 aromatic rings. The average molecular weight is 280 g/mol. The number of H-pyrrole nitrogens is 1. The zero-order chi connectivity index (χ0) is 14.2. The van der Waals surface area contributed by atoms with E-state index in [1.54, 1.807) is 18.3 Å². The fourth-order valence-electron chi connectivity index (χ4n) is 2.06. The zero-order valence-electron chi connectivity index (χ0n) is 11.1. The van der Waals surface area contributed by atoms with E-state index >= 15 is 0 Å². The van der Waals surface area contributed by atoms with Crippen LogP contribution in [0, 0.1) is 6.92 Å². The molecule has 2 heterocycles. The third kappa shape index (κ3) is 2.35. The van der Waals surface area contributed by atoms with Crippen molar-refractivity contribution in [3.63, 3.8) is 0 Å². The standard InChI is InChI=1S/C13H16N2O3S/c1-4-9-11(16)14-13(18)15(12(9)17)8(3)10-6-5-7(2)19-10/h5-6,8,17H,4H2,1-3H3,(H,14,16,18). The first-order valence-electron chi connectivity index (χ1n) is 6.08. The molecule has 2 rings (SSSR count). The van der Waals surface area contributed by atoms with Gasteiger partial charge in [-0.25, -0.2) is 4.79 Å². The highest BCUT2D eigenvalue weighted by Crippen LogP contribution is 2.27. The molecule has 0 fully saturated rings. The van der Waals surface area contributed by atoms with Crippen LogP contribution in [0.25, 0.3) is 0 Å². The second kappa shape index (κ2) is 5.05. The molecule has 0 aliphatic heterocycles. The third-order valence-electron chi connectivity index (χ3n) is 3.13. The van der Waals surface area contributed by atoms with Crippen LogP contribution < -0.4 is 11.2 Å². The highest BCUT2D eigenvalue weighted by atomic mass is 32.1. The van der Waals surface area contributed by atoms with E-state index in [0.717, 1.165) is 9.75 Å². The fraction of sp³-hybridized carbons (Fsp3) is 0.385. The number of aromatic nitrogens is 2. The summed E-state index contributed by atoms with van der Waals surface area (Å²) in [6, 6.07) is 3.58. The van der Waals surface area contributed by atoms with Crippen LogP contribution in [0.15, 0.2) is 21.7 Å². The first-order chi connectivity index (χ1) is 8.95. The number of rotatable bonds is 3. The lowest BCUT2D eigenvalue weighted by Crippen LogP contribution is -2.33. The summed E-state index contributed by atoms with van der Waals surface area (Å²) in [6.45, 7) is 5.57. The Balaban J connectivity index is 2.63. The Kier molecular flexibility index (Phi) is 3.61. The maximum atomic E-state index is 11.9. The molecule has 0 saturated heterocycles. The molecule has 0 bridgehead atoms. The number of hydrogen-bond acceptors (Lipinski definition) is 4. The molecule has 0 spiro atoms. The second-order valence-electron chi connectivity index (χ2n) is 4.41. The normalized spacial score (nSPS) is 12.6. The lowest BCUT2D eigenvalue weighted by atomic mass is 10.2. The Hall–Kier alpha value is -1.82. The smallest absolute Gasteiger partial charge is 0.331 e. The highest BCUT2D eigenvalue weighted by molar-refractivity contribution is 7.12. The Morgan fingerprint density at radius 3 is 2.63 bits per heavy atom. The van der Waals surface area contributed by atoms with Crippen LogP contribution in [0.4, 0.5) is 0 Å². The van der Waals surface area contributed by atoms with Crippen molar-refractivity contribution in [2.75, 3.05) is 0 Å². The summed E-state index contributed by atoms with van der Waals surface area (Å²) in [7, 11) is 0. The molecule has 5 nitrogen and oxygen atoms in total. The molecule has 0 radical (unpaired) electrons. The molecule has 1 atom stereocenters. The van der Waals surface area contributed by atoms with Gasteiger partial charge in [0.2, 0.25) is 5.88 Å². The molecule has 0 aliphatic rings. The Bertz CT molecular complexity index is 711. The molecule has 1 unspecified atom stereocenters.